The molecule has 36 heavy (non-hydrogen) atoms. The van der Waals surface area contributed by atoms with Crippen molar-refractivity contribution >= 4 is 11.8 Å². The summed E-state index contributed by atoms with van der Waals surface area (Å²) in [7, 11) is 0. The first-order chi connectivity index (χ1) is 17.5. The van der Waals surface area contributed by atoms with Gasteiger partial charge in [0, 0.05) is 12.1 Å². The molecular weight excluding hydrogens is 444 g/mol. The Hall–Kier alpha value is -1.06. The molecule has 0 radical (unpaired) electrons. The van der Waals surface area contributed by atoms with Gasteiger partial charge < -0.3 is 10.6 Å². The van der Waals surface area contributed by atoms with E-state index in [1.165, 1.54) is 96.3 Å². The summed E-state index contributed by atoms with van der Waals surface area (Å²) in [5.41, 5.74) is -0.544. The fraction of sp³-hybridized carbons (Fsp3) is 0.938. The number of carbonyl (C=O) groups excluding carboxylic acids is 2. The van der Waals surface area contributed by atoms with E-state index < -0.39 is 0 Å². The number of nitrogens with one attached hydrogen (secondary N) is 2. The van der Waals surface area contributed by atoms with Crippen molar-refractivity contribution in [1.82, 2.24) is 10.6 Å². The molecule has 6 atom stereocenters. The van der Waals surface area contributed by atoms with Gasteiger partial charge in [0.25, 0.3) is 0 Å². The monoisotopic (exact) mass is 494 g/mol. The fourth-order valence-corrected chi connectivity index (χ4v) is 11.5. The third kappa shape index (κ3) is 4.25. The Kier molecular flexibility index (Phi) is 6.20. The van der Waals surface area contributed by atoms with Crippen molar-refractivity contribution in [2.45, 2.75) is 141 Å². The molecule has 4 bridgehead atoms. The zero-order valence-corrected chi connectivity index (χ0v) is 22.6. The van der Waals surface area contributed by atoms with Gasteiger partial charge in [-0.1, -0.05) is 51.4 Å². The van der Waals surface area contributed by atoms with E-state index in [2.05, 4.69) is 10.6 Å². The summed E-state index contributed by atoms with van der Waals surface area (Å²) < 4.78 is 0. The molecule has 8 rings (SSSR count). The van der Waals surface area contributed by atoms with Crippen LogP contribution in [0.4, 0.5) is 0 Å². The van der Waals surface area contributed by atoms with E-state index in [1.54, 1.807) is 0 Å². The Balaban J connectivity index is 1.02. The number of hydrogen-bond donors (Lipinski definition) is 2. The lowest BCUT2D eigenvalue weighted by atomic mass is 9.43. The van der Waals surface area contributed by atoms with Gasteiger partial charge in [0.15, 0.2) is 0 Å². The highest BCUT2D eigenvalue weighted by Crippen LogP contribution is 2.65. The largest absolute Gasteiger partial charge is 0.353 e. The Labute approximate surface area is 218 Å². The summed E-state index contributed by atoms with van der Waals surface area (Å²) in [6.45, 7) is 0. The molecule has 2 N–H and O–H groups in total. The maximum Gasteiger partial charge on any atom is 0.226 e. The van der Waals surface area contributed by atoms with Gasteiger partial charge in [-0.2, -0.15) is 0 Å². The van der Waals surface area contributed by atoms with E-state index in [-0.39, 0.29) is 10.8 Å². The molecule has 2 amide bonds. The van der Waals surface area contributed by atoms with Crippen LogP contribution in [0.5, 0.6) is 0 Å². The van der Waals surface area contributed by atoms with Crippen molar-refractivity contribution in [1.29, 1.82) is 0 Å². The molecular formula is C32H50N2O2. The van der Waals surface area contributed by atoms with Crippen LogP contribution < -0.4 is 10.6 Å². The van der Waals surface area contributed by atoms with Crippen molar-refractivity contribution in [2.75, 3.05) is 0 Å². The summed E-state index contributed by atoms with van der Waals surface area (Å²) in [5, 5.41) is 7.21. The van der Waals surface area contributed by atoms with E-state index in [1.807, 2.05) is 0 Å². The van der Waals surface area contributed by atoms with Gasteiger partial charge in [-0.05, 0) is 113 Å². The van der Waals surface area contributed by atoms with Crippen LogP contribution in [-0.2, 0) is 9.59 Å². The smallest absolute Gasteiger partial charge is 0.226 e. The molecule has 8 saturated carbocycles. The molecule has 8 fully saturated rings. The van der Waals surface area contributed by atoms with Crippen LogP contribution in [0.2, 0.25) is 0 Å². The molecule has 6 unspecified atom stereocenters. The summed E-state index contributed by atoms with van der Waals surface area (Å²) in [6, 6.07) is 0.751. The minimum atomic E-state index is -0.272. The molecule has 0 saturated heterocycles. The molecule has 0 aromatic rings. The standard InChI is InChI=1S/C32H50N2O2/c35-29(33-27-11-9-23-5-1-3-7-25(23)14-27)31-16-21-13-22(17-31)19-32(18-21,20-31)30(36)34-28-12-10-24-6-2-4-8-26(24)15-28/h21-28H,1-20H2,(H,33,35)(H,34,36). The Morgan fingerprint density at radius 2 is 0.917 bits per heavy atom. The lowest BCUT2D eigenvalue weighted by molar-refractivity contribution is -0.168. The van der Waals surface area contributed by atoms with Crippen molar-refractivity contribution in [3.05, 3.63) is 0 Å². The Bertz CT molecular complexity index is 788. The van der Waals surface area contributed by atoms with E-state index in [9.17, 15) is 9.59 Å². The first kappa shape index (κ1) is 24.0. The van der Waals surface area contributed by atoms with Gasteiger partial charge in [0.05, 0.1) is 10.8 Å². The molecule has 4 heteroatoms. The van der Waals surface area contributed by atoms with Crippen LogP contribution in [0, 0.1) is 46.3 Å². The molecule has 0 aromatic heterocycles. The van der Waals surface area contributed by atoms with Gasteiger partial charge >= 0.3 is 0 Å². The number of carbonyl (C=O) groups is 2. The SMILES string of the molecule is O=C(NC1CCC2CCCCC2C1)C12CC3CC(C1)CC(C(=O)NC1CCC4CCCCC4C1)(C3)C2. The highest BCUT2D eigenvalue weighted by Gasteiger charge is 2.63. The molecule has 8 aliphatic rings. The Morgan fingerprint density at radius 3 is 1.36 bits per heavy atom. The minimum absolute atomic E-state index is 0.272. The minimum Gasteiger partial charge on any atom is -0.353 e. The lowest BCUT2D eigenvalue weighted by Gasteiger charge is -2.60. The maximum absolute atomic E-state index is 14.0. The van der Waals surface area contributed by atoms with Crippen LogP contribution in [0.3, 0.4) is 0 Å². The van der Waals surface area contributed by atoms with Crippen molar-refractivity contribution in [2.24, 2.45) is 46.3 Å². The van der Waals surface area contributed by atoms with Crippen LogP contribution in [0.25, 0.3) is 0 Å². The molecule has 4 nitrogen and oxygen atoms in total. The van der Waals surface area contributed by atoms with Gasteiger partial charge in [0.1, 0.15) is 0 Å². The predicted molar refractivity (Wildman–Crippen MR) is 142 cm³/mol. The van der Waals surface area contributed by atoms with E-state index >= 15 is 0 Å². The molecule has 0 aromatic carbocycles. The molecule has 0 heterocycles. The van der Waals surface area contributed by atoms with Gasteiger partial charge in [-0.3, -0.25) is 9.59 Å². The predicted octanol–water partition coefficient (Wildman–Crippen LogP) is 6.52. The van der Waals surface area contributed by atoms with Gasteiger partial charge in [0.2, 0.25) is 11.8 Å². The average Bonchev–Trinajstić information content (AvgIpc) is 2.88. The highest BCUT2D eigenvalue weighted by molar-refractivity contribution is 5.88. The van der Waals surface area contributed by atoms with Crippen molar-refractivity contribution in [3.8, 4) is 0 Å². The van der Waals surface area contributed by atoms with Crippen molar-refractivity contribution in [3.63, 3.8) is 0 Å². The van der Waals surface area contributed by atoms with E-state index in [4.69, 9.17) is 0 Å². The zero-order valence-electron chi connectivity index (χ0n) is 22.6. The first-order valence-corrected chi connectivity index (χ1v) is 16.1. The molecule has 200 valence electrons. The third-order valence-corrected chi connectivity index (χ3v) is 12.8. The van der Waals surface area contributed by atoms with Gasteiger partial charge in [-0.25, -0.2) is 0 Å². The van der Waals surface area contributed by atoms with Crippen LogP contribution in [0.1, 0.15) is 128 Å². The molecule has 8 aliphatic carbocycles. The second-order valence-corrected chi connectivity index (χ2v) is 15.1. The normalized spacial score (nSPS) is 49.6. The maximum atomic E-state index is 14.0. The van der Waals surface area contributed by atoms with Crippen molar-refractivity contribution < 1.29 is 9.59 Å². The van der Waals surface area contributed by atoms with E-state index in [0.717, 1.165) is 55.8 Å². The average molecular weight is 495 g/mol. The second-order valence-electron chi connectivity index (χ2n) is 15.1. The molecule has 0 aliphatic heterocycles. The first-order valence-electron chi connectivity index (χ1n) is 16.1. The molecule has 0 spiro atoms. The zero-order chi connectivity index (χ0) is 24.3. The summed E-state index contributed by atoms with van der Waals surface area (Å²) in [4.78, 5) is 28.0. The highest BCUT2D eigenvalue weighted by atomic mass is 16.2. The summed E-state index contributed by atoms with van der Waals surface area (Å²) >= 11 is 0. The third-order valence-electron chi connectivity index (χ3n) is 12.8. The number of hydrogen-bond acceptors (Lipinski definition) is 2. The summed E-state index contributed by atoms with van der Waals surface area (Å²) in [5.74, 6) is 5.32. The fourth-order valence-electron chi connectivity index (χ4n) is 11.5. The number of rotatable bonds is 4. The van der Waals surface area contributed by atoms with Crippen LogP contribution in [0.15, 0.2) is 0 Å². The second kappa shape index (κ2) is 9.30. The Morgan fingerprint density at radius 1 is 0.500 bits per heavy atom. The van der Waals surface area contributed by atoms with Crippen LogP contribution in [-0.4, -0.2) is 23.9 Å². The van der Waals surface area contributed by atoms with Gasteiger partial charge in [-0.15, -0.1) is 0 Å². The topological polar surface area (TPSA) is 58.2 Å². The lowest BCUT2D eigenvalue weighted by Crippen LogP contribution is -2.63. The number of fused-ring (bicyclic) bond motifs is 2. The van der Waals surface area contributed by atoms with Crippen LogP contribution >= 0.6 is 0 Å². The number of amides is 2. The summed E-state index contributed by atoms with van der Waals surface area (Å²) in [6.07, 6.45) is 24.8. The quantitative estimate of drug-likeness (QED) is 0.467. The van der Waals surface area contributed by atoms with E-state index in [0.29, 0.717) is 35.7 Å².